The van der Waals surface area contributed by atoms with Crippen LogP contribution >= 0.6 is 0 Å². The summed E-state index contributed by atoms with van der Waals surface area (Å²) >= 11 is 0. The van der Waals surface area contributed by atoms with E-state index in [1.807, 2.05) is 0 Å². The van der Waals surface area contributed by atoms with Gasteiger partial charge >= 0.3 is 0 Å². The summed E-state index contributed by atoms with van der Waals surface area (Å²) in [5.41, 5.74) is 1.66. The van der Waals surface area contributed by atoms with Gasteiger partial charge in [-0.15, -0.1) is 0 Å². The molecular formula is C18H13FN4O4S. The first-order valence-electron chi connectivity index (χ1n) is 8.20. The van der Waals surface area contributed by atoms with E-state index in [1.54, 1.807) is 0 Å². The van der Waals surface area contributed by atoms with Gasteiger partial charge in [0.2, 0.25) is 0 Å². The van der Waals surface area contributed by atoms with Crippen molar-refractivity contribution in [3.63, 3.8) is 0 Å². The summed E-state index contributed by atoms with van der Waals surface area (Å²) in [5.74, 6) is -0.146. The molecule has 0 aliphatic carbocycles. The molecule has 1 aliphatic heterocycles. The summed E-state index contributed by atoms with van der Waals surface area (Å²) in [4.78, 5) is 23.1. The van der Waals surface area contributed by atoms with Crippen molar-refractivity contribution < 1.29 is 18.3 Å². The Morgan fingerprint density at radius 2 is 1.96 bits per heavy atom. The topological polar surface area (TPSA) is 107 Å². The lowest BCUT2D eigenvalue weighted by atomic mass is 10.2. The third-order valence-corrected chi connectivity index (χ3v) is 5.50. The number of nitro benzene ring substituents is 1. The molecule has 0 saturated heterocycles. The van der Waals surface area contributed by atoms with Crippen LogP contribution in [0.15, 0.2) is 48.5 Å². The number of halogens is 1. The van der Waals surface area contributed by atoms with Crippen molar-refractivity contribution in [1.29, 1.82) is 0 Å². The minimum absolute atomic E-state index is 0.105. The number of aromatic nitrogens is 2. The van der Waals surface area contributed by atoms with Gasteiger partial charge in [0.15, 0.2) is 0 Å². The Morgan fingerprint density at radius 3 is 2.68 bits per heavy atom. The fraction of sp³-hybridized carbons (Fsp3) is 0.111. The van der Waals surface area contributed by atoms with Crippen LogP contribution in [0.2, 0.25) is 0 Å². The number of non-ortho nitro benzene ring substituents is 1. The Hall–Kier alpha value is -3.40. The minimum atomic E-state index is -1.11. The predicted octanol–water partition coefficient (Wildman–Crippen LogP) is 2.93. The summed E-state index contributed by atoms with van der Waals surface area (Å²) in [6.07, 6.45) is 0. The molecule has 28 heavy (non-hydrogen) atoms. The molecule has 1 atom stereocenters. The van der Waals surface area contributed by atoms with Gasteiger partial charge in [0.05, 0.1) is 27.8 Å². The Bertz CT molecular complexity index is 1130. The number of anilines is 1. The fourth-order valence-corrected chi connectivity index (χ4v) is 4.23. The predicted molar refractivity (Wildman–Crippen MR) is 100 cm³/mol. The maximum absolute atomic E-state index is 13.3. The van der Waals surface area contributed by atoms with E-state index in [2.05, 4.69) is 10.4 Å². The molecule has 10 heteroatoms. The van der Waals surface area contributed by atoms with Crippen LogP contribution in [-0.4, -0.2) is 24.8 Å². The minimum Gasteiger partial charge on any atom is -0.306 e. The van der Waals surface area contributed by atoms with E-state index in [-0.39, 0.29) is 22.8 Å². The molecule has 1 N–H and O–H groups in total. The highest BCUT2D eigenvalue weighted by atomic mass is 32.2. The average Bonchev–Trinajstić information content (AvgIpc) is 3.19. The summed E-state index contributed by atoms with van der Waals surface area (Å²) < 4.78 is 26.6. The third-order valence-electron chi connectivity index (χ3n) is 4.29. The van der Waals surface area contributed by atoms with E-state index < -0.39 is 27.4 Å². The van der Waals surface area contributed by atoms with Gasteiger partial charge in [0, 0.05) is 34.1 Å². The number of nitrogens with one attached hydrogen (secondary N) is 1. The number of rotatable bonds is 4. The highest BCUT2D eigenvalue weighted by Crippen LogP contribution is 2.31. The van der Waals surface area contributed by atoms with Gasteiger partial charge in [0.1, 0.15) is 11.6 Å². The largest absolute Gasteiger partial charge is 0.306 e. The van der Waals surface area contributed by atoms with Crippen LogP contribution in [0.25, 0.3) is 5.69 Å². The molecular weight excluding hydrogens is 387 g/mol. The number of fused-ring (bicyclic) bond motifs is 1. The van der Waals surface area contributed by atoms with Crippen LogP contribution in [0.5, 0.6) is 0 Å². The molecule has 0 saturated carbocycles. The number of benzene rings is 2. The molecule has 1 amide bonds. The Morgan fingerprint density at radius 1 is 1.21 bits per heavy atom. The standard InChI is InChI=1S/C18H13FN4O4S/c19-12-4-6-13(7-5-12)22-17(15-9-28(27)10-16(15)21-22)20-18(24)11-2-1-3-14(8-11)23(25)26/h1-8H,9-10H2,(H,20,24). The summed E-state index contributed by atoms with van der Waals surface area (Å²) in [7, 11) is -1.11. The lowest BCUT2D eigenvalue weighted by molar-refractivity contribution is -0.384. The molecule has 2 heterocycles. The highest BCUT2D eigenvalue weighted by molar-refractivity contribution is 7.83. The quantitative estimate of drug-likeness (QED) is 0.535. The highest BCUT2D eigenvalue weighted by Gasteiger charge is 2.28. The molecule has 0 radical (unpaired) electrons. The van der Waals surface area contributed by atoms with E-state index >= 15 is 0 Å². The molecule has 4 rings (SSSR count). The van der Waals surface area contributed by atoms with Crippen molar-refractivity contribution in [3.8, 4) is 5.69 Å². The number of carbonyl (C=O) groups excluding carboxylic acids is 1. The SMILES string of the molecule is O=C(Nc1c2c(nn1-c1ccc(F)cc1)CS(=O)C2)c1cccc([N+](=O)[O-])c1. The molecule has 0 bridgehead atoms. The molecule has 1 aliphatic rings. The van der Waals surface area contributed by atoms with E-state index in [0.29, 0.717) is 22.8 Å². The van der Waals surface area contributed by atoms with Gasteiger partial charge in [0.25, 0.3) is 11.6 Å². The molecule has 3 aromatic rings. The zero-order valence-corrected chi connectivity index (χ0v) is 15.1. The summed E-state index contributed by atoms with van der Waals surface area (Å²) in [6, 6.07) is 10.9. The summed E-state index contributed by atoms with van der Waals surface area (Å²) in [5, 5.41) is 18.1. The van der Waals surface area contributed by atoms with Gasteiger partial charge in [-0.1, -0.05) is 6.07 Å². The molecule has 0 spiro atoms. The monoisotopic (exact) mass is 400 g/mol. The van der Waals surface area contributed by atoms with Gasteiger partial charge in [-0.3, -0.25) is 19.1 Å². The first-order chi connectivity index (χ1) is 13.4. The number of amides is 1. The summed E-state index contributed by atoms with van der Waals surface area (Å²) in [6.45, 7) is 0. The normalized spacial score (nSPS) is 15.2. The second-order valence-corrected chi connectivity index (χ2v) is 7.61. The number of hydrogen-bond donors (Lipinski definition) is 1. The lowest BCUT2D eigenvalue weighted by Crippen LogP contribution is -2.16. The maximum Gasteiger partial charge on any atom is 0.270 e. The molecule has 8 nitrogen and oxygen atoms in total. The third kappa shape index (κ3) is 3.29. The smallest absolute Gasteiger partial charge is 0.270 e. The van der Waals surface area contributed by atoms with Crippen molar-refractivity contribution >= 4 is 28.2 Å². The van der Waals surface area contributed by atoms with E-state index in [9.17, 15) is 23.5 Å². The van der Waals surface area contributed by atoms with Crippen molar-refractivity contribution in [2.24, 2.45) is 0 Å². The van der Waals surface area contributed by atoms with E-state index in [1.165, 1.54) is 53.2 Å². The maximum atomic E-state index is 13.3. The van der Waals surface area contributed by atoms with Crippen LogP contribution in [0.3, 0.4) is 0 Å². The van der Waals surface area contributed by atoms with Crippen LogP contribution in [0.4, 0.5) is 15.9 Å². The zero-order chi connectivity index (χ0) is 19.8. The van der Waals surface area contributed by atoms with Gasteiger partial charge in [-0.25, -0.2) is 9.07 Å². The van der Waals surface area contributed by atoms with E-state index in [4.69, 9.17) is 0 Å². The van der Waals surface area contributed by atoms with Gasteiger partial charge < -0.3 is 5.32 Å². The van der Waals surface area contributed by atoms with Crippen molar-refractivity contribution in [2.75, 3.05) is 5.32 Å². The number of nitro groups is 1. The molecule has 1 unspecified atom stereocenters. The zero-order valence-electron chi connectivity index (χ0n) is 14.3. The lowest BCUT2D eigenvalue weighted by Gasteiger charge is -2.11. The Labute approximate surface area is 160 Å². The van der Waals surface area contributed by atoms with Crippen LogP contribution < -0.4 is 5.32 Å². The second kappa shape index (κ2) is 6.97. The van der Waals surface area contributed by atoms with Crippen molar-refractivity contribution in [3.05, 3.63) is 81.3 Å². The van der Waals surface area contributed by atoms with Crippen LogP contribution in [0, 0.1) is 15.9 Å². The Balaban J connectivity index is 1.73. The molecule has 142 valence electrons. The number of nitrogens with zero attached hydrogens (tertiary/aromatic N) is 3. The van der Waals surface area contributed by atoms with Gasteiger partial charge in [-0.2, -0.15) is 5.10 Å². The van der Waals surface area contributed by atoms with Crippen molar-refractivity contribution in [1.82, 2.24) is 9.78 Å². The second-order valence-electron chi connectivity index (χ2n) is 6.15. The number of hydrogen-bond acceptors (Lipinski definition) is 5. The molecule has 0 fully saturated rings. The van der Waals surface area contributed by atoms with Crippen LogP contribution in [0.1, 0.15) is 21.6 Å². The first kappa shape index (κ1) is 18.0. The molecule has 2 aromatic carbocycles. The first-order valence-corrected chi connectivity index (χ1v) is 9.68. The van der Waals surface area contributed by atoms with Crippen molar-refractivity contribution in [2.45, 2.75) is 11.5 Å². The van der Waals surface area contributed by atoms with Crippen LogP contribution in [-0.2, 0) is 22.3 Å². The number of carbonyl (C=O) groups is 1. The Kier molecular flexibility index (Phi) is 4.47. The van der Waals surface area contributed by atoms with Gasteiger partial charge in [-0.05, 0) is 30.3 Å². The molecule has 1 aromatic heterocycles. The average molecular weight is 400 g/mol. The van der Waals surface area contributed by atoms with E-state index in [0.717, 1.165) is 0 Å². The fourth-order valence-electron chi connectivity index (χ4n) is 2.97.